The molecule has 0 bridgehead atoms. The van der Waals surface area contributed by atoms with E-state index in [4.69, 9.17) is 10.2 Å². The van der Waals surface area contributed by atoms with Crippen LogP contribution in [0, 0.1) is 0 Å². The van der Waals surface area contributed by atoms with Crippen molar-refractivity contribution in [3.05, 3.63) is 0 Å². The number of hydrogen-bond acceptors (Lipinski definition) is 2. The van der Waals surface area contributed by atoms with Gasteiger partial charge < -0.3 is 27.1 Å². The van der Waals surface area contributed by atoms with Crippen LogP contribution >= 0.6 is 0 Å². The van der Waals surface area contributed by atoms with Gasteiger partial charge in [0.25, 0.3) is 0 Å². The number of aliphatic hydroxyl groups is 2. The molecule has 0 aliphatic rings. The van der Waals surface area contributed by atoms with E-state index in [0.29, 0.717) is 6.42 Å². The zero-order chi connectivity index (χ0) is 8.20. The molecule has 0 aliphatic carbocycles. The van der Waals surface area contributed by atoms with E-state index < -0.39 is 6.10 Å². The van der Waals surface area contributed by atoms with E-state index in [0.717, 1.165) is 11.0 Å². The van der Waals surface area contributed by atoms with Crippen molar-refractivity contribution in [1.29, 1.82) is 0 Å². The van der Waals surface area contributed by atoms with Crippen LogP contribution in [0.2, 0.25) is 0 Å². The predicted molar refractivity (Wildman–Crippen MR) is 40.6 cm³/mol. The Morgan fingerprint density at radius 1 is 1.27 bits per heavy atom. The lowest BCUT2D eigenvalue weighted by atomic mass is 10.2. The lowest BCUT2D eigenvalue weighted by Crippen LogP contribution is -3.00. The van der Waals surface area contributed by atoms with Crippen LogP contribution in [0.1, 0.15) is 6.42 Å². The zero-order valence-electron chi connectivity index (χ0n) is 7.42. The lowest BCUT2D eigenvalue weighted by molar-refractivity contribution is -0.870. The summed E-state index contributed by atoms with van der Waals surface area (Å²) in [6.07, 6.45) is 0.123. The molecule has 0 spiro atoms. The van der Waals surface area contributed by atoms with Gasteiger partial charge in [-0.1, -0.05) is 0 Å². The summed E-state index contributed by atoms with van der Waals surface area (Å²) in [5.74, 6) is 0. The van der Waals surface area contributed by atoms with E-state index in [-0.39, 0.29) is 19.0 Å². The van der Waals surface area contributed by atoms with Crippen LogP contribution < -0.4 is 12.4 Å². The van der Waals surface area contributed by atoms with Gasteiger partial charge in [0.2, 0.25) is 0 Å². The smallest absolute Gasteiger partial charge is 0.0824 e. The van der Waals surface area contributed by atoms with Gasteiger partial charge in [0.1, 0.15) is 0 Å². The Kier molecular flexibility index (Phi) is 7.21. The highest BCUT2D eigenvalue weighted by Gasteiger charge is 2.10. The van der Waals surface area contributed by atoms with Crippen molar-refractivity contribution in [2.45, 2.75) is 12.5 Å². The standard InChI is InChI=1S/C7H18NO2.ClH/c1-8(2,3)5-4-7(10)6-9;/h7,9-10H,4-6H2,1-3H3;1H/q+1;/p-1. The molecule has 0 fully saturated rings. The van der Waals surface area contributed by atoms with Crippen molar-refractivity contribution in [3.63, 3.8) is 0 Å². The molecule has 0 amide bonds. The first-order valence-corrected chi connectivity index (χ1v) is 3.55. The molecule has 0 rings (SSSR count). The molecule has 0 saturated heterocycles. The molecule has 0 aromatic heterocycles. The van der Waals surface area contributed by atoms with Gasteiger partial charge in [-0.05, 0) is 0 Å². The van der Waals surface area contributed by atoms with Crippen LogP contribution in [0.3, 0.4) is 0 Å². The zero-order valence-corrected chi connectivity index (χ0v) is 8.17. The molecular weight excluding hydrogens is 166 g/mol. The third-order valence-electron chi connectivity index (χ3n) is 1.34. The van der Waals surface area contributed by atoms with Crippen molar-refractivity contribution in [3.8, 4) is 0 Å². The summed E-state index contributed by atoms with van der Waals surface area (Å²) < 4.78 is 0.830. The molecule has 2 N–H and O–H groups in total. The van der Waals surface area contributed by atoms with Crippen molar-refractivity contribution in [1.82, 2.24) is 0 Å². The van der Waals surface area contributed by atoms with E-state index in [1.807, 2.05) is 0 Å². The minimum Gasteiger partial charge on any atom is -1.00 e. The number of aliphatic hydroxyl groups excluding tert-OH is 2. The Hall–Kier alpha value is 0.170. The maximum absolute atomic E-state index is 8.96. The number of rotatable bonds is 4. The van der Waals surface area contributed by atoms with Crippen LogP contribution in [0.4, 0.5) is 0 Å². The molecule has 1 atom stereocenters. The molecule has 11 heavy (non-hydrogen) atoms. The minimum absolute atomic E-state index is 0. The van der Waals surface area contributed by atoms with Gasteiger partial charge in [-0.15, -0.1) is 0 Å². The van der Waals surface area contributed by atoms with Crippen LogP contribution in [0.5, 0.6) is 0 Å². The second kappa shape index (κ2) is 5.77. The van der Waals surface area contributed by atoms with Gasteiger partial charge in [-0.25, -0.2) is 0 Å². The van der Waals surface area contributed by atoms with Crippen molar-refractivity contribution in [2.24, 2.45) is 0 Å². The molecule has 0 heterocycles. The predicted octanol–water partition coefficient (Wildman–Crippen LogP) is -3.56. The van der Waals surface area contributed by atoms with Crippen molar-refractivity contribution < 1.29 is 27.1 Å². The van der Waals surface area contributed by atoms with Gasteiger partial charge in [-0.3, -0.25) is 0 Å². The summed E-state index contributed by atoms with van der Waals surface area (Å²) in [7, 11) is 6.18. The fourth-order valence-corrected chi connectivity index (χ4v) is 0.628. The highest BCUT2D eigenvalue weighted by molar-refractivity contribution is 4.49. The summed E-state index contributed by atoms with van der Waals surface area (Å²) in [4.78, 5) is 0. The van der Waals surface area contributed by atoms with Crippen LogP contribution in [0.15, 0.2) is 0 Å². The normalized spacial score (nSPS) is 13.9. The molecule has 4 heteroatoms. The Balaban J connectivity index is 0. The average molecular weight is 184 g/mol. The monoisotopic (exact) mass is 183 g/mol. The van der Waals surface area contributed by atoms with E-state index in [9.17, 15) is 0 Å². The van der Waals surface area contributed by atoms with Crippen LogP contribution in [-0.4, -0.2) is 55.1 Å². The molecule has 70 valence electrons. The second-order valence-electron chi connectivity index (χ2n) is 3.64. The third kappa shape index (κ3) is 10.2. The molecule has 0 aliphatic heterocycles. The van der Waals surface area contributed by atoms with Gasteiger partial charge in [-0.2, -0.15) is 0 Å². The SMILES string of the molecule is C[N+](C)(C)CCC(O)CO.[Cl-]. The molecule has 0 aromatic carbocycles. The van der Waals surface area contributed by atoms with E-state index >= 15 is 0 Å². The molecule has 0 radical (unpaired) electrons. The topological polar surface area (TPSA) is 40.5 Å². The van der Waals surface area contributed by atoms with Gasteiger partial charge in [0, 0.05) is 6.42 Å². The first-order valence-electron chi connectivity index (χ1n) is 3.55. The van der Waals surface area contributed by atoms with Gasteiger partial charge in [0.05, 0.1) is 40.4 Å². The molecule has 3 nitrogen and oxygen atoms in total. The van der Waals surface area contributed by atoms with Crippen LogP contribution in [-0.2, 0) is 0 Å². The summed E-state index contributed by atoms with van der Waals surface area (Å²) in [6.45, 7) is 0.766. The number of hydrogen-bond donors (Lipinski definition) is 2. The third-order valence-corrected chi connectivity index (χ3v) is 1.34. The highest BCUT2D eigenvalue weighted by atomic mass is 35.5. The van der Waals surface area contributed by atoms with E-state index in [1.165, 1.54) is 0 Å². The Labute approximate surface area is 74.6 Å². The first-order chi connectivity index (χ1) is 4.45. The van der Waals surface area contributed by atoms with Gasteiger partial charge >= 0.3 is 0 Å². The fraction of sp³-hybridized carbons (Fsp3) is 1.00. The maximum atomic E-state index is 8.96. The first kappa shape index (κ1) is 13.7. The summed E-state index contributed by atoms with van der Waals surface area (Å²) in [6, 6.07) is 0. The van der Waals surface area contributed by atoms with Crippen LogP contribution in [0.25, 0.3) is 0 Å². The Bertz CT molecular complexity index is 92.9. The van der Waals surface area contributed by atoms with E-state index in [1.54, 1.807) is 0 Å². The Morgan fingerprint density at radius 2 is 1.73 bits per heavy atom. The molecule has 0 saturated carbocycles. The number of nitrogens with zero attached hydrogens (tertiary/aromatic N) is 1. The second-order valence-corrected chi connectivity index (χ2v) is 3.64. The van der Waals surface area contributed by atoms with Crippen molar-refractivity contribution in [2.75, 3.05) is 34.3 Å². The van der Waals surface area contributed by atoms with Gasteiger partial charge in [0.15, 0.2) is 0 Å². The number of quaternary nitrogens is 1. The maximum Gasteiger partial charge on any atom is 0.0824 e. The number of halogens is 1. The largest absolute Gasteiger partial charge is 1.00 e. The highest BCUT2D eigenvalue weighted by Crippen LogP contribution is 1.97. The van der Waals surface area contributed by atoms with E-state index in [2.05, 4.69) is 21.1 Å². The summed E-state index contributed by atoms with van der Waals surface area (Å²) in [5, 5.41) is 17.4. The minimum atomic E-state index is -0.544. The lowest BCUT2D eigenvalue weighted by Gasteiger charge is -2.24. The summed E-state index contributed by atoms with van der Waals surface area (Å²) >= 11 is 0. The fourth-order valence-electron chi connectivity index (χ4n) is 0.628. The average Bonchev–Trinajstić information content (AvgIpc) is 1.81. The van der Waals surface area contributed by atoms with Crippen molar-refractivity contribution >= 4 is 0 Å². The summed E-state index contributed by atoms with van der Waals surface area (Å²) in [5.41, 5.74) is 0. The quantitative estimate of drug-likeness (QED) is 0.443. The molecule has 0 aromatic rings. The molecular formula is C7H18ClNO2. The molecule has 1 unspecified atom stereocenters. The Morgan fingerprint density at radius 3 is 2.00 bits per heavy atom.